The Balaban J connectivity index is 1.48. The first-order chi connectivity index (χ1) is 23.1. The van der Waals surface area contributed by atoms with Crippen LogP contribution in [0, 0.1) is 5.82 Å². The van der Waals surface area contributed by atoms with Gasteiger partial charge < -0.3 is 18.9 Å². The maximum Gasteiger partial charge on any atom is 0.425 e. The van der Waals surface area contributed by atoms with Crippen molar-refractivity contribution in [2.75, 3.05) is 19.8 Å². The first-order valence-electron chi connectivity index (χ1n) is 16.8. The molecule has 48 heavy (non-hydrogen) atoms. The van der Waals surface area contributed by atoms with Crippen LogP contribution < -0.4 is 9.47 Å². The Morgan fingerprint density at radius 3 is 1.88 bits per heavy atom. The Morgan fingerprint density at radius 2 is 1.27 bits per heavy atom. The van der Waals surface area contributed by atoms with Gasteiger partial charge >= 0.3 is 18.1 Å². The number of benzene rings is 3. The molecule has 0 aliphatic heterocycles. The maximum absolute atomic E-state index is 14.7. The van der Waals surface area contributed by atoms with E-state index in [4.69, 9.17) is 14.2 Å². The van der Waals surface area contributed by atoms with Crippen LogP contribution >= 0.6 is 0 Å². The summed E-state index contributed by atoms with van der Waals surface area (Å²) < 4.78 is 75.8. The Labute approximate surface area is 280 Å². The SMILES string of the molecule is CCCCCCCCCCOc1ccc(-c2ccc(C(=O)Oc3ccc(C(=O)OC(CCCCOCC)C(F)(F)F)c(F)c3)cc2)cc1. The van der Waals surface area contributed by atoms with Crippen molar-refractivity contribution in [3.8, 4) is 22.6 Å². The molecule has 0 amide bonds. The molecule has 0 aliphatic rings. The summed E-state index contributed by atoms with van der Waals surface area (Å²) in [4.78, 5) is 25.1. The van der Waals surface area contributed by atoms with Crippen LogP contribution in [-0.4, -0.2) is 44.0 Å². The van der Waals surface area contributed by atoms with Gasteiger partial charge in [0.2, 0.25) is 0 Å². The van der Waals surface area contributed by atoms with Crippen LogP contribution in [0.2, 0.25) is 0 Å². The lowest BCUT2D eigenvalue weighted by atomic mass is 10.0. The van der Waals surface area contributed by atoms with E-state index < -0.39 is 42.0 Å². The fourth-order valence-corrected chi connectivity index (χ4v) is 5.02. The molecule has 0 fully saturated rings. The number of hydrogen-bond donors (Lipinski definition) is 0. The number of carbonyl (C=O) groups excluding carboxylic acids is 2. The predicted octanol–water partition coefficient (Wildman–Crippen LogP) is 10.5. The molecule has 0 radical (unpaired) electrons. The van der Waals surface area contributed by atoms with Crippen LogP contribution in [0.25, 0.3) is 11.1 Å². The third kappa shape index (κ3) is 13.3. The number of ether oxygens (including phenoxy) is 4. The van der Waals surface area contributed by atoms with Gasteiger partial charge in [-0.2, -0.15) is 13.2 Å². The molecule has 0 aromatic heterocycles. The van der Waals surface area contributed by atoms with Crippen LogP contribution in [0.15, 0.2) is 66.7 Å². The van der Waals surface area contributed by atoms with Gasteiger partial charge in [-0.05, 0) is 80.1 Å². The molecular formula is C38H46F4O6. The standard InChI is InChI=1S/C38H46F4O6/c1-3-5-6-7-8-9-10-12-26-46-31-21-19-29(20-22-31)28-15-17-30(18-16-28)36(43)47-32-23-24-33(34(39)27-32)37(44)48-35(38(40,41)42)14-11-13-25-45-4-2/h15-24,27,35H,3-14,25-26H2,1-2H3. The molecule has 1 atom stereocenters. The minimum absolute atomic E-state index is 0.108. The van der Waals surface area contributed by atoms with Crippen molar-refractivity contribution < 1.29 is 46.1 Å². The monoisotopic (exact) mass is 674 g/mol. The second-order valence-corrected chi connectivity index (χ2v) is 11.6. The normalized spacial score (nSPS) is 12.0. The molecule has 3 aromatic rings. The molecule has 3 aromatic carbocycles. The van der Waals surface area contributed by atoms with Gasteiger partial charge in [-0.25, -0.2) is 14.0 Å². The zero-order chi connectivity index (χ0) is 34.8. The predicted molar refractivity (Wildman–Crippen MR) is 177 cm³/mol. The second kappa shape index (κ2) is 20.4. The molecule has 0 heterocycles. The Bertz CT molecular complexity index is 1390. The number of alkyl halides is 3. The Hall–Kier alpha value is -3.92. The van der Waals surface area contributed by atoms with E-state index in [1.54, 1.807) is 31.2 Å². The Morgan fingerprint density at radius 1 is 0.688 bits per heavy atom. The summed E-state index contributed by atoms with van der Waals surface area (Å²) in [7, 11) is 0. The molecule has 6 nitrogen and oxygen atoms in total. The van der Waals surface area contributed by atoms with E-state index in [1.165, 1.54) is 38.5 Å². The highest BCUT2D eigenvalue weighted by Crippen LogP contribution is 2.29. The number of unbranched alkanes of at least 4 members (excludes halogenated alkanes) is 8. The summed E-state index contributed by atoms with van der Waals surface area (Å²) in [6.45, 7) is 5.40. The first-order valence-corrected chi connectivity index (χ1v) is 16.8. The highest BCUT2D eigenvalue weighted by atomic mass is 19.4. The van der Waals surface area contributed by atoms with E-state index >= 15 is 0 Å². The van der Waals surface area contributed by atoms with Crippen LogP contribution in [0.3, 0.4) is 0 Å². The maximum atomic E-state index is 14.7. The third-order valence-electron chi connectivity index (χ3n) is 7.77. The van der Waals surface area contributed by atoms with Crippen molar-refractivity contribution in [1.29, 1.82) is 0 Å². The van der Waals surface area contributed by atoms with Crippen LogP contribution in [-0.2, 0) is 9.47 Å². The molecule has 0 spiro atoms. The van der Waals surface area contributed by atoms with E-state index in [2.05, 4.69) is 11.7 Å². The average Bonchev–Trinajstić information content (AvgIpc) is 3.06. The zero-order valence-corrected chi connectivity index (χ0v) is 27.8. The molecule has 0 saturated heterocycles. The number of halogens is 4. The van der Waals surface area contributed by atoms with E-state index in [-0.39, 0.29) is 24.3 Å². The van der Waals surface area contributed by atoms with Crippen LogP contribution in [0.4, 0.5) is 17.6 Å². The lowest BCUT2D eigenvalue weighted by Crippen LogP contribution is -2.34. The minimum atomic E-state index is -4.81. The first kappa shape index (κ1) is 38.5. The van der Waals surface area contributed by atoms with Gasteiger partial charge in [-0.1, -0.05) is 76.1 Å². The summed E-state index contributed by atoms with van der Waals surface area (Å²) >= 11 is 0. The molecule has 0 aliphatic carbocycles. The van der Waals surface area contributed by atoms with E-state index in [0.717, 1.165) is 47.9 Å². The quantitative estimate of drug-likeness (QED) is 0.0485. The number of rotatable bonds is 21. The van der Waals surface area contributed by atoms with Crippen molar-refractivity contribution in [2.24, 2.45) is 0 Å². The summed E-state index contributed by atoms with van der Waals surface area (Å²) in [6.07, 6.45) is 2.70. The van der Waals surface area contributed by atoms with Crippen molar-refractivity contribution in [2.45, 2.75) is 96.8 Å². The Kier molecular flexibility index (Phi) is 16.4. The van der Waals surface area contributed by atoms with Gasteiger partial charge in [0.15, 0.2) is 6.10 Å². The molecule has 0 bridgehead atoms. The van der Waals surface area contributed by atoms with Gasteiger partial charge in [0.25, 0.3) is 0 Å². The summed E-state index contributed by atoms with van der Waals surface area (Å²) in [5.74, 6) is -2.84. The largest absolute Gasteiger partial charge is 0.494 e. The molecule has 10 heteroatoms. The summed E-state index contributed by atoms with van der Waals surface area (Å²) in [6, 6.07) is 17.1. The third-order valence-corrected chi connectivity index (χ3v) is 7.77. The second-order valence-electron chi connectivity index (χ2n) is 11.6. The minimum Gasteiger partial charge on any atom is -0.494 e. The molecule has 262 valence electrons. The van der Waals surface area contributed by atoms with E-state index in [9.17, 15) is 27.2 Å². The molecule has 3 rings (SSSR count). The van der Waals surface area contributed by atoms with Crippen molar-refractivity contribution in [3.63, 3.8) is 0 Å². The zero-order valence-electron chi connectivity index (χ0n) is 27.8. The molecule has 0 N–H and O–H groups in total. The summed E-state index contributed by atoms with van der Waals surface area (Å²) in [5, 5.41) is 0. The highest BCUT2D eigenvalue weighted by molar-refractivity contribution is 5.92. The molecular weight excluding hydrogens is 628 g/mol. The number of hydrogen-bond acceptors (Lipinski definition) is 6. The van der Waals surface area contributed by atoms with Gasteiger partial charge in [0.1, 0.15) is 17.3 Å². The van der Waals surface area contributed by atoms with Crippen molar-refractivity contribution in [3.05, 3.63) is 83.7 Å². The number of esters is 2. The summed E-state index contributed by atoms with van der Waals surface area (Å²) in [5.41, 5.74) is 1.29. The topological polar surface area (TPSA) is 71.1 Å². The van der Waals surface area contributed by atoms with E-state index in [0.29, 0.717) is 19.6 Å². The van der Waals surface area contributed by atoms with Crippen LogP contribution in [0.1, 0.15) is 105 Å². The van der Waals surface area contributed by atoms with Gasteiger partial charge in [-0.3, -0.25) is 0 Å². The number of carbonyl (C=O) groups is 2. The van der Waals surface area contributed by atoms with E-state index in [1.807, 2.05) is 24.3 Å². The lowest BCUT2D eigenvalue weighted by Gasteiger charge is -2.21. The highest BCUT2D eigenvalue weighted by Gasteiger charge is 2.42. The van der Waals surface area contributed by atoms with Crippen molar-refractivity contribution in [1.82, 2.24) is 0 Å². The lowest BCUT2D eigenvalue weighted by molar-refractivity contribution is -0.206. The fourth-order valence-electron chi connectivity index (χ4n) is 5.02. The smallest absolute Gasteiger partial charge is 0.425 e. The van der Waals surface area contributed by atoms with Crippen molar-refractivity contribution >= 4 is 11.9 Å². The van der Waals surface area contributed by atoms with Gasteiger partial charge in [-0.15, -0.1) is 0 Å². The molecule has 0 saturated carbocycles. The average molecular weight is 675 g/mol. The fraction of sp³-hybridized carbons (Fsp3) is 0.474. The van der Waals surface area contributed by atoms with Gasteiger partial charge in [0.05, 0.1) is 17.7 Å². The molecule has 1 unspecified atom stereocenters. The van der Waals surface area contributed by atoms with Gasteiger partial charge in [0, 0.05) is 19.3 Å². The van der Waals surface area contributed by atoms with Crippen LogP contribution in [0.5, 0.6) is 11.5 Å².